The summed E-state index contributed by atoms with van der Waals surface area (Å²) in [5.74, 6) is 0. The van der Waals surface area contributed by atoms with E-state index in [0.717, 1.165) is 11.3 Å². The van der Waals surface area contributed by atoms with Gasteiger partial charge in [0.2, 0.25) is 20.0 Å². The van der Waals surface area contributed by atoms with E-state index in [9.17, 15) is 16.8 Å². The Morgan fingerprint density at radius 2 is 1.32 bits per heavy atom. The maximum Gasteiger partial charge on any atom is 0.243 e. The summed E-state index contributed by atoms with van der Waals surface area (Å²) in [6, 6.07) is 20.1. The number of pyridine rings is 1. The minimum atomic E-state index is -3.50. The van der Waals surface area contributed by atoms with Crippen LogP contribution in [0.1, 0.15) is 31.5 Å². The summed E-state index contributed by atoms with van der Waals surface area (Å²) in [6.45, 7) is 5.01. The molecule has 0 atom stereocenters. The Bertz CT molecular complexity index is 1140. The molecule has 2 N–H and O–H groups in total. The first-order chi connectivity index (χ1) is 14.7. The predicted octanol–water partition coefficient (Wildman–Crippen LogP) is 3.54. The van der Waals surface area contributed by atoms with Crippen LogP contribution in [0, 0.1) is 0 Å². The molecule has 3 aromatic rings. The number of fused-ring (bicyclic) bond motifs is 1. The lowest BCUT2D eigenvalue weighted by Crippen LogP contribution is -2.25. The van der Waals surface area contributed by atoms with Crippen LogP contribution in [0.5, 0.6) is 0 Å². The van der Waals surface area contributed by atoms with Crippen molar-refractivity contribution >= 4 is 20.0 Å². The zero-order valence-electron chi connectivity index (χ0n) is 17.5. The smallest absolute Gasteiger partial charge is 0.243 e. The Morgan fingerprint density at radius 3 is 1.77 bits per heavy atom. The summed E-state index contributed by atoms with van der Waals surface area (Å²) < 4.78 is 47.5. The first-order valence-corrected chi connectivity index (χ1v) is 12.7. The van der Waals surface area contributed by atoms with E-state index < -0.39 is 20.0 Å². The largest absolute Gasteiger partial charge is 0.260 e. The van der Waals surface area contributed by atoms with E-state index in [2.05, 4.69) is 18.8 Å². The lowest BCUT2D eigenvalue weighted by Gasteiger charge is -2.15. The molecule has 0 spiro atoms. The normalized spacial score (nSPS) is 13.3. The van der Waals surface area contributed by atoms with Gasteiger partial charge in [-0.05, 0) is 35.9 Å². The third-order valence-electron chi connectivity index (χ3n) is 4.11. The molecule has 0 aliphatic carbocycles. The molecular formula is C22H27N3O4S2. The molecule has 0 saturated carbocycles. The highest BCUT2D eigenvalue weighted by Gasteiger charge is 2.30. The standard InChI is InChI=1S/C13H12N2O2S.C6H7NO2S.C3H8/c16-18(17,12-6-2-1-3-7-12)15-9-11-5-4-8-14-13(11)10-15;7-10(8,9)6-4-2-1-3-5-6;1-3-2/h1-8H,9-10H2;1-5H,(H2,7,8,9);3H2,1-2H3. The van der Waals surface area contributed by atoms with Crippen molar-refractivity contribution in [2.24, 2.45) is 5.14 Å². The summed E-state index contributed by atoms with van der Waals surface area (Å²) in [5, 5.41) is 4.83. The number of hydrogen-bond donors (Lipinski definition) is 1. The molecule has 0 bridgehead atoms. The van der Waals surface area contributed by atoms with E-state index in [1.807, 2.05) is 12.1 Å². The fourth-order valence-electron chi connectivity index (χ4n) is 2.69. The van der Waals surface area contributed by atoms with Crippen molar-refractivity contribution in [1.82, 2.24) is 9.29 Å². The number of nitrogens with two attached hydrogens (primary N) is 1. The number of primary sulfonamides is 1. The highest BCUT2D eigenvalue weighted by atomic mass is 32.2. The van der Waals surface area contributed by atoms with Crippen LogP contribution in [0.2, 0.25) is 0 Å². The Morgan fingerprint density at radius 1 is 0.806 bits per heavy atom. The van der Waals surface area contributed by atoms with Crippen molar-refractivity contribution in [2.45, 2.75) is 43.1 Å². The molecule has 0 unspecified atom stereocenters. The summed E-state index contributed by atoms with van der Waals surface area (Å²) in [5.41, 5.74) is 1.83. The van der Waals surface area contributed by atoms with Crippen LogP contribution >= 0.6 is 0 Å². The van der Waals surface area contributed by atoms with Crippen LogP contribution in [0.15, 0.2) is 88.8 Å². The number of hydrogen-bond acceptors (Lipinski definition) is 5. The molecule has 166 valence electrons. The van der Waals surface area contributed by atoms with E-state index >= 15 is 0 Å². The average molecular weight is 462 g/mol. The highest BCUT2D eigenvalue weighted by Crippen LogP contribution is 2.26. The number of nitrogens with zero attached hydrogens (tertiary/aromatic N) is 2. The maximum absolute atomic E-state index is 12.4. The van der Waals surface area contributed by atoms with E-state index in [-0.39, 0.29) is 4.90 Å². The zero-order chi connectivity index (χ0) is 22.9. The molecule has 0 radical (unpaired) electrons. The van der Waals surface area contributed by atoms with Crippen LogP contribution in [-0.4, -0.2) is 26.1 Å². The molecule has 0 amide bonds. The Hall–Kier alpha value is -2.59. The summed E-state index contributed by atoms with van der Waals surface area (Å²) in [7, 11) is -6.92. The maximum atomic E-state index is 12.4. The van der Waals surface area contributed by atoms with E-state index in [0.29, 0.717) is 18.0 Å². The quantitative estimate of drug-likeness (QED) is 0.641. The van der Waals surface area contributed by atoms with Gasteiger partial charge in [-0.1, -0.05) is 62.7 Å². The first kappa shape index (κ1) is 24.7. The second-order valence-electron chi connectivity index (χ2n) is 6.76. The molecule has 0 saturated heterocycles. The van der Waals surface area contributed by atoms with Gasteiger partial charge in [-0.25, -0.2) is 22.0 Å². The Labute approximate surface area is 184 Å². The van der Waals surface area contributed by atoms with Gasteiger partial charge in [-0.3, -0.25) is 4.98 Å². The van der Waals surface area contributed by atoms with Crippen LogP contribution in [0.25, 0.3) is 0 Å². The van der Waals surface area contributed by atoms with Crippen LogP contribution in [0.3, 0.4) is 0 Å². The summed E-state index contributed by atoms with van der Waals surface area (Å²) in [4.78, 5) is 4.69. The van der Waals surface area contributed by atoms with Gasteiger partial charge < -0.3 is 0 Å². The lowest BCUT2D eigenvalue weighted by molar-refractivity contribution is 0.430. The summed E-state index contributed by atoms with van der Waals surface area (Å²) >= 11 is 0. The van der Waals surface area contributed by atoms with Crippen LogP contribution < -0.4 is 5.14 Å². The molecular weight excluding hydrogens is 434 g/mol. The molecule has 1 aliphatic rings. The fraction of sp³-hybridized carbons (Fsp3) is 0.227. The van der Waals surface area contributed by atoms with Gasteiger partial charge in [-0.2, -0.15) is 4.31 Å². The molecule has 7 nitrogen and oxygen atoms in total. The Kier molecular flexibility index (Phi) is 8.88. The van der Waals surface area contributed by atoms with Crippen LogP contribution in [0.4, 0.5) is 0 Å². The van der Waals surface area contributed by atoms with Gasteiger partial charge in [-0.15, -0.1) is 0 Å². The van der Waals surface area contributed by atoms with Gasteiger partial charge in [0, 0.05) is 12.7 Å². The van der Waals surface area contributed by atoms with Gasteiger partial charge in [0.25, 0.3) is 0 Å². The minimum Gasteiger partial charge on any atom is -0.260 e. The minimum absolute atomic E-state index is 0.148. The van der Waals surface area contributed by atoms with E-state index in [4.69, 9.17) is 5.14 Å². The van der Waals surface area contributed by atoms with Crippen molar-refractivity contribution in [1.29, 1.82) is 0 Å². The third kappa shape index (κ3) is 6.96. The van der Waals surface area contributed by atoms with Gasteiger partial charge in [0.15, 0.2) is 0 Å². The predicted molar refractivity (Wildman–Crippen MR) is 121 cm³/mol. The molecule has 2 heterocycles. The SMILES string of the molecule is CCC.NS(=O)(=O)c1ccccc1.O=S(=O)(c1ccccc1)N1Cc2cccnc2C1. The van der Waals surface area contributed by atoms with E-state index in [1.54, 1.807) is 54.7 Å². The monoisotopic (exact) mass is 461 g/mol. The lowest BCUT2D eigenvalue weighted by atomic mass is 10.2. The first-order valence-electron chi connectivity index (χ1n) is 9.76. The second kappa shape index (κ2) is 11.1. The van der Waals surface area contributed by atoms with Crippen molar-refractivity contribution < 1.29 is 16.8 Å². The van der Waals surface area contributed by atoms with E-state index in [1.165, 1.54) is 22.9 Å². The number of benzene rings is 2. The molecule has 0 fully saturated rings. The van der Waals surface area contributed by atoms with Gasteiger partial charge in [0.1, 0.15) is 0 Å². The number of rotatable bonds is 3. The molecule has 9 heteroatoms. The molecule has 1 aliphatic heterocycles. The third-order valence-corrected chi connectivity index (χ3v) is 6.85. The van der Waals surface area contributed by atoms with Crippen molar-refractivity contribution in [2.75, 3.05) is 0 Å². The number of aromatic nitrogens is 1. The topological polar surface area (TPSA) is 110 Å². The van der Waals surface area contributed by atoms with Crippen molar-refractivity contribution in [3.63, 3.8) is 0 Å². The Balaban J connectivity index is 0.000000223. The van der Waals surface area contributed by atoms with Gasteiger partial charge in [0.05, 0.1) is 22.0 Å². The van der Waals surface area contributed by atoms with Crippen LogP contribution in [-0.2, 0) is 33.1 Å². The average Bonchev–Trinajstić information content (AvgIpc) is 3.21. The second-order valence-corrected chi connectivity index (χ2v) is 10.3. The molecule has 31 heavy (non-hydrogen) atoms. The summed E-state index contributed by atoms with van der Waals surface area (Å²) in [6.07, 6.45) is 2.94. The fourth-order valence-corrected chi connectivity index (χ4v) is 4.63. The van der Waals surface area contributed by atoms with Crippen molar-refractivity contribution in [3.8, 4) is 0 Å². The van der Waals surface area contributed by atoms with Crippen molar-refractivity contribution in [3.05, 3.63) is 90.3 Å². The molecule has 4 rings (SSSR count). The zero-order valence-corrected chi connectivity index (χ0v) is 19.2. The van der Waals surface area contributed by atoms with Gasteiger partial charge >= 0.3 is 0 Å². The number of sulfonamides is 2. The molecule has 1 aromatic heterocycles. The highest BCUT2D eigenvalue weighted by molar-refractivity contribution is 7.89. The molecule has 2 aromatic carbocycles.